The second kappa shape index (κ2) is 4.04. The van der Waals surface area contributed by atoms with E-state index in [0.717, 1.165) is 0 Å². The Balaban J connectivity index is 2.53. The zero-order chi connectivity index (χ0) is 9.90. The van der Waals surface area contributed by atoms with Gasteiger partial charge in [0.2, 0.25) is 5.91 Å². The molecule has 1 aliphatic rings. The van der Waals surface area contributed by atoms with E-state index in [1.54, 1.807) is 6.92 Å². The van der Waals surface area contributed by atoms with Crippen LogP contribution in [-0.2, 0) is 9.53 Å². The number of carbonyl (C=O) groups excluding carboxylic acids is 1. The molecule has 2 atom stereocenters. The van der Waals surface area contributed by atoms with Crippen LogP contribution in [0.3, 0.4) is 0 Å². The SMILES string of the molecule is C[C@@H](N)C(=O)NC1(CO)CCOC1. The summed E-state index contributed by atoms with van der Waals surface area (Å²) in [5, 5.41) is 11.8. The maximum absolute atomic E-state index is 11.3. The summed E-state index contributed by atoms with van der Waals surface area (Å²) in [5.41, 5.74) is 4.79. The normalized spacial score (nSPS) is 30.1. The molecule has 0 saturated carbocycles. The van der Waals surface area contributed by atoms with E-state index < -0.39 is 11.6 Å². The topological polar surface area (TPSA) is 84.6 Å². The van der Waals surface area contributed by atoms with Crippen LogP contribution in [0.5, 0.6) is 0 Å². The van der Waals surface area contributed by atoms with Crippen molar-refractivity contribution in [1.29, 1.82) is 0 Å². The van der Waals surface area contributed by atoms with Crippen molar-refractivity contribution in [3.05, 3.63) is 0 Å². The molecule has 0 radical (unpaired) electrons. The minimum absolute atomic E-state index is 0.106. The Bertz CT molecular complexity index is 188. The van der Waals surface area contributed by atoms with Crippen molar-refractivity contribution >= 4 is 5.91 Å². The van der Waals surface area contributed by atoms with Crippen molar-refractivity contribution in [1.82, 2.24) is 5.32 Å². The molecule has 5 heteroatoms. The van der Waals surface area contributed by atoms with Crippen LogP contribution < -0.4 is 11.1 Å². The molecule has 1 heterocycles. The van der Waals surface area contributed by atoms with Gasteiger partial charge in [-0.15, -0.1) is 0 Å². The minimum atomic E-state index is -0.606. The predicted molar refractivity (Wildman–Crippen MR) is 47.0 cm³/mol. The summed E-state index contributed by atoms with van der Waals surface area (Å²) < 4.78 is 5.12. The van der Waals surface area contributed by atoms with Gasteiger partial charge in [-0.1, -0.05) is 0 Å². The van der Waals surface area contributed by atoms with Gasteiger partial charge >= 0.3 is 0 Å². The fourth-order valence-corrected chi connectivity index (χ4v) is 1.25. The van der Waals surface area contributed by atoms with Gasteiger partial charge in [-0.3, -0.25) is 4.79 Å². The third-order valence-electron chi connectivity index (χ3n) is 2.21. The number of hydrogen-bond donors (Lipinski definition) is 3. The smallest absolute Gasteiger partial charge is 0.237 e. The molecule has 1 amide bonds. The molecule has 1 fully saturated rings. The average molecular weight is 188 g/mol. The molecule has 0 aromatic heterocycles. The van der Waals surface area contributed by atoms with Gasteiger partial charge in [0.15, 0.2) is 0 Å². The van der Waals surface area contributed by atoms with Crippen molar-refractivity contribution < 1.29 is 14.6 Å². The molecule has 0 aromatic carbocycles. The van der Waals surface area contributed by atoms with Gasteiger partial charge in [-0.05, 0) is 13.3 Å². The molecular formula is C8H16N2O3. The van der Waals surface area contributed by atoms with Gasteiger partial charge in [-0.25, -0.2) is 0 Å². The van der Waals surface area contributed by atoms with E-state index in [9.17, 15) is 4.79 Å². The Morgan fingerprint density at radius 3 is 2.92 bits per heavy atom. The van der Waals surface area contributed by atoms with Crippen LogP contribution >= 0.6 is 0 Å². The first-order valence-electron chi connectivity index (χ1n) is 4.36. The molecule has 1 saturated heterocycles. The van der Waals surface area contributed by atoms with Gasteiger partial charge < -0.3 is 20.9 Å². The molecule has 0 spiro atoms. The zero-order valence-electron chi connectivity index (χ0n) is 7.75. The van der Waals surface area contributed by atoms with Gasteiger partial charge in [0.05, 0.1) is 24.8 Å². The average Bonchev–Trinajstić information content (AvgIpc) is 2.54. The number of amides is 1. The monoisotopic (exact) mass is 188 g/mol. The number of carbonyl (C=O) groups is 1. The summed E-state index contributed by atoms with van der Waals surface area (Å²) in [4.78, 5) is 11.3. The highest BCUT2D eigenvalue weighted by Crippen LogP contribution is 2.17. The summed E-state index contributed by atoms with van der Waals surface area (Å²) in [6.45, 7) is 2.43. The molecule has 1 rings (SSSR count). The van der Waals surface area contributed by atoms with Gasteiger partial charge in [0, 0.05) is 6.61 Å². The van der Waals surface area contributed by atoms with Crippen molar-refractivity contribution in [3.63, 3.8) is 0 Å². The molecule has 5 nitrogen and oxygen atoms in total. The number of ether oxygens (including phenoxy) is 1. The minimum Gasteiger partial charge on any atom is -0.394 e. The molecule has 1 unspecified atom stereocenters. The summed E-state index contributed by atoms with van der Waals surface area (Å²) in [6, 6.07) is -0.552. The Kier molecular flexibility index (Phi) is 3.24. The van der Waals surface area contributed by atoms with Crippen LogP contribution in [0.25, 0.3) is 0 Å². The molecule has 76 valence electrons. The zero-order valence-corrected chi connectivity index (χ0v) is 7.75. The first-order chi connectivity index (χ1) is 6.09. The van der Waals surface area contributed by atoms with E-state index in [0.29, 0.717) is 19.6 Å². The van der Waals surface area contributed by atoms with Crippen molar-refractivity contribution in [2.75, 3.05) is 19.8 Å². The number of nitrogens with one attached hydrogen (secondary N) is 1. The number of hydrogen-bond acceptors (Lipinski definition) is 4. The molecule has 0 bridgehead atoms. The van der Waals surface area contributed by atoms with Crippen LogP contribution in [0.2, 0.25) is 0 Å². The Labute approximate surface area is 77.2 Å². The molecule has 4 N–H and O–H groups in total. The largest absolute Gasteiger partial charge is 0.394 e. The van der Waals surface area contributed by atoms with Crippen molar-refractivity contribution in [2.45, 2.75) is 24.9 Å². The maximum atomic E-state index is 11.3. The number of rotatable bonds is 3. The van der Waals surface area contributed by atoms with Crippen molar-refractivity contribution in [3.8, 4) is 0 Å². The molecular weight excluding hydrogens is 172 g/mol. The summed E-state index contributed by atoms with van der Waals surface area (Å²) in [5.74, 6) is -0.250. The standard InChI is InChI=1S/C8H16N2O3/c1-6(9)7(12)10-8(4-11)2-3-13-5-8/h6,11H,2-5,9H2,1H3,(H,10,12)/t6-,8?/m1/s1. The van der Waals surface area contributed by atoms with Crippen LogP contribution in [0.15, 0.2) is 0 Å². The maximum Gasteiger partial charge on any atom is 0.237 e. The fourth-order valence-electron chi connectivity index (χ4n) is 1.25. The van der Waals surface area contributed by atoms with Gasteiger partial charge in [-0.2, -0.15) is 0 Å². The lowest BCUT2D eigenvalue weighted by Crippen LogP contribution is -2.55. The van der Waals surface area contributed by atoms with E-state index >= 15 is 0 Å². The first-order valence-corrected chi connectivity index (χ1v) is 4.36. The second-order valence-electron chi connectivity index (χ2n) is 3.52. The highest BCUT2D eigenvalue weighted by Gasteiger charge is 2.36. The van der Waals surface area contributed by atoms with Crippen LogP contribution in [-0.4, -0.2) is 42.4 Å². The van der Waals surface area contributed by atoms with Gasteiger partial charge in [0.1, 0.15) is 0 Å². The number of aliphatic hydroxyl groups is 1. The van der Waals surface area contributed by atoms with E-state index in [1.165, 1.54) is 0 Å². The van der Waals surface area contributed by atoms with E-state index in [1.807, 2.05) is 0 Å². The third kappa shape index (κ3) is 2.40. The Morgan fingerprint density at radius 2 is 2.54 bits per heavy atom. The van der Waals surface area contributed by atoms with Crippen molar-refractivity contribution in [2.24, 2.45) is 5.73 Å². The summed E-state index contributed by atoms with van der Waals surface area (Å²) in [7, 11) is 0. The Hall–Kier alpha value is -0.650. The third-order valence-corrected chi connectivity index (χ3v) is 2.21. The van der Waals surface area contributed by atoms with Crippen LogP contribution in [0, 0.1) is 0 Å². The lowest BCUT2D eigenvalue weighted by atomic mass is 9.99. The summed E-state index contributed by atoms with van der Waals surface area (Å²) in [6.07, 6.45) is 0.641. The molecule has 0 aliphatic carbocycles. The summed E-state index contributed by atoms with van der Waals surface area (Å²) >= 11 is 0. The van der Waals surface area contributed by atoms with E-state index in [4.69, 9.17) is 15.6 Å². The quantitative estimate of drug-likeness (QED) is 0.508. The molecule has 1 aliphatic heterocycles. The predicted octanol–water partition coefficient (Wildman–Crippen LogP) is -1.40. The lowest BCUT2D eigenvalue weighted by Gasteiger charge is -2.27. The number of nitrogens with two attached hydrogens (primary N) is 1. The fraction of sp³-hybridized carbons (Fsp3) is 0.875. The van der Waals surface area contributed by atoms with E-state index in [2.05, 4.69) is 5.32 Å². The Morgan fingerprint density at radius 1 is 1.85 bits per heavy atom. The first kappa shape index (κ1) is 10.4. The highest BCUT2D eigenvalue weighted by atomic mass is 16.5. The highest BCUT2D eigenvalue weighted by molar-refractivity contribution is 5.81. The van der Waals surface area contributed by atoms with Gasteiger partial charge in [0.25, 0.3) is 0 Å². The van der Waals surface area contributed by atoms with E-state index in [-0.39, 0.29) is 12.5 Å². The second-order valence-corrected chi connectivity index (χ2v) is 3.52. The molecule has 13 heavy (non-hydrogen) atoms. The van der Waals surface area contributed by atoms with Crippen LogP contribution in [0.4, 0.5) is 0 Å². The lowest BCUT2D eigenvalue weighted by molar-refractivity contribution is -0.124. The molecule has 0 aromatic rings. The van der Waals surface area contributed by atoms with Crippen LogP contribution in [0.1, 0.15) is 13.3 Å². The number of aliphatic hydroxyl groups excluding tert-OH is 1.